The quantitative estimate of drug-likeness (QED) is 0.730. The third-order valence-electron chi connectivity index (χ3n) is 3.08. The van der Waals surface area contributed by atoms with Crippen LogP contribution in [0.25, 0.3) is 11.1 Å². The summed E-state index contributed by atoms with van der Waals surface area (Å²) in [5.74, 6) is -1.14. The number of ether oxygens (including phenoxy) is 1. The minimum Gasteiger partial charge on any atom is -0.490 e. The summed E-state index contributed by atoms with van der Waals surface area (Å²) in [6.07, 6.45) is -5.01. The molecular weight excluding hydrogens is 310 g/mol. The Balaban J connectivity index is 2.58. The summed E-state index contributed by atoms with van der Waals surface area (Å²) in [6.45, 7) is 3.50. The van der Waals surface area contributed by atoms with Crippen LogP contribution in [-0.2, 0) is 6.18 Å². The summed E-state index contributed by atoms with van der Waals surface area (Å²) in [5.41, 5.74) is -1.08. The van der Waals surface area contributed by atoms with Crippen LogP contribution >= 0.6 is 0 Å². The number of hydrogen-bond acceptors (Lipinski definition) is 2. The molecule has 0 aliphatic rings. The molecule has 23 heavy (non-hydrogen) atoms. The summed E-state index contributed by atoms with van der Waals surface area (Å²) in [4.78, 5) is 0. The van der Waals surface area contributed by atoms with Crippen LogP contribution in [0, 0.1) is 17.1 Å². The number of nitrogens with zero attached hydrogens (tertiary/aromatic N) is 1. The van der Waals surface area contributed by atoms with E-state index < -0.39 is 17.6 Å². The molecule has 2 nitrogen and oxygen atoms in total. The second-order valence-electron chi connectivity index (χ2n) is 5.15. The minimum atomic E-state index is -4.77. The van der Waals surface area contributed by atoms with E-state index in [0.29, 0.717) is 6.07 Å². The molecular formula is C17H13F4NO. The van der Waals surface area contributed by atoms with Crippen molar-refractivity contribution in [2.24, 2.45) is 0 Å². The summed E-state index contributed by atoms with van der Waals surface area (Å²) in [7, 11) is 0. The van der Waals surface area contributed by atoms with Crippen LogP contribution in [0.5, 0.6) is 5.75 Å². The molecule has 0 spiro atoms. The van der Waals surface area contributed by atoms with E-state index in [1.807, 2.05) is 6.07 Å². The van der Waals surface area contributed by atoms with Crippen LogP contribution in [0.2, 0.25) is 0 Å². The molecule has 2 aromatic carbocycles. The van der Waals surface area contributed by atoms with Gasteiger partial charge in [0.05, 0.1) is 17.2 Å². The number of benzene rings is 2. The number of halogens is 4. The van der Waals surface area contributed by atoms with Gasteiger partial charge in [0.2, 0.25) is 0 Å². The lowest BCUT2D eigenvalue weighted by Crippen LogP contribution is -2.09. The summed E-state index contributed by atoms with van der Waals surface area (Å²) in [6, 6.07) is 9.18. The molecule has 0 saturated heterocycles. The zero-order valence-electron chi connectivity index (χ0n) is 12.4. The highest BCUT2D eigenvalue weighted by Gasteiger charge is 2.35. The molecule has 0 bridgehead atoms. The van der Waals surface area contributed by atoms with Crippen LogP contribution in [0.3, 0.4) is 0 Å². The Hall–Kier alpha value is -2.55. The van der Waals surface area contributed by atoms with Crippen molar-refractivity contribution in [2.45, 2.75) is 26.1 Å². The Morgan fingerprint density at radius 3 is 2.39 bits per heavy atom. The second kappa shape index (κ2) is 6.29. The fraction of sp³-hybridized carbons (Fsp3) is 0.235. The van der Waals surface area contributed by atoms with Crippen molar-refractivity contribution in [1.82, 2.24) is 0 Å². The molecule has 0 aliphatic heterocycles. The Morgan fingerprint density at radius 1 is 1.13 bits per heavy atom. The molecule has 6 heteroatoms. The van der Waals surface area contributed by atoms with E-state index in [1.165, 1.54) is 24.3 Å². The van der Waals surface area contributed by atoms with Gasteiger partial charge in [-0.25, -0.2) is 4.39 Å². The van der Waals surface area contributed by atoms with Gasteiger partial charge >= 0.3 is 6.18 Å². The first-order valence-electron chi connectivity index (χ1n) is 6.81. The maximum atomic E-state index is 14.2. The van der Waals surface area contributed by atoms with Gasteiger partial charge in [-0.2, -0.15) is 18.4 Å². The van der Waals surface area contributed by atoms with E-state index in [4.69, 9.17) is 10.00 Å². The Bertz CT molecular complexity index is 760. The molecule has 120 valence electrons. The van der Waals surface area contributed by atoms with Gasteiger partial charge in [0.1, 0.15) is 17.6 Å². The second-order valence-corrected chi connectivity index (χ2v) is 5.15. The van der Waals surface area contributed by atoms with Gasteiger partial charge in [-0.15, -0.1) is 0 Å². The van der Waals surface area contributed by atoms with Crippen LogP contribution in [0.1, 0.15) is 25.0 Å². The van der Waals surface area contributed by atoms with Gasteiger partial charge in [-0.1, -0.05) is 18.2 Å². The van der Waals surface area contributed by atoms with Crippen molar-refractivity contribution >= 4 is 0 Å². The van der Waals surface area contributed by atoms with E-state index in [-0.39, 0.29) is 28.5 Å². The van der Waals surface area contributed by atoms with Gasteiger partial charge in [0.25, 0.3) is 0 Å². The first kappa shape index (κ1) is 16.8. The van der Waals surface area contributed by atoms with E-state index >= 15 is 0 Å². The van der Waals surface area contributed by atoms with Crippen molar-refractivity contribution in [2.75, 3.05) is 0 Å². The van der Waals surface area contributed by atoms with Crippen LogP contribution in [0.4, 0.5) is 17.6 Å². The fourth-order valence-corrected chi connectivity index (χ4v) is 2.11. The van der Waals surface area contributed by atoms with Crippen molar-refractivity contribution < 1.29 is 22.3 Å². The average Bonchev–Trinajstić information content (AvgIpc) is 2.45. The smallest absolute Gasteiger partial charge is 0.419 e. The summed E-state index contributed by atoms with van der Waals surface area (Å²) in [5, 5.41) is 9.05. The molecule has 2 aromatic rings. The molecule has 0 atom stereocenters. The fourth-order valence-electron chi connectivity index (χ4n) is 2.11. The zero-order valence-corrected chi connectivity index (χ0v) is 12.4. The lowest BCUT2D eigenvalue weighted by molar-refractivity contribution is -0.139. The molecule has 0 saturated carbocycles. The summed E-state index contributed by atoms with van der Waals surface area (Å²) < 4.78 is 58.1. The Morgan fingerprint density at radius 2 is 1.83 bits per heavy atom. The highest BCUT2D eigenvalue weighted by molar-refractivity contribution is 5.68. The van der Waals surface area contributed by atoms with Gasteiger partial charge in [-0.3, -0.25) is 0 Å². The first-order chi connectivity index (χ1) is 10.7. The molecule has 0 radical (unpaired) electrons. The minimum absolute atomic E-state index is 0.196. The zero-order chi connectivity index (χ0) is 17.2. The molecule has 0 fully saturated rings. The third kappa shape index (κ3) is 3.62. The van der Waals surface area contributed by atoms with Crippen molar-refractivity contribution in [3.63, 3.8) is 0 Å². The topological polar surface area (TPSA) is 33.0 Å². The molecule has 2 rings (SSSR count). The van der Waals surface area contributed by atoms with Gasteiger partial charge < -0.3 is 4.74 Å². The maximum absolute atomic E-state index is 14.2. The molecule has 0 amide bonds. The van der Waals surface area contributed by atoms with E-state index in [0.717, 1.165) is 6.07 Å². The van der Waals surface area contributed by atoms with E-state index in [9.17, 15) is 17.6 Å². The third-order valence-corrected chi connectivity index (χ3v) is 3.08. The lowest BCUT2D eigenvalue weighted by atomic mass is 10.00. The van der Waals surface area contributed by atoms with E-state index in [1.54, 1.807) is 13.8 Å². The highest BCUT2D eigenvalue weighted by atomic mass is 19.4. The molecule has 0 N–H and O–H groups in total. The predicted molar refractivity (Wildman–Crippen MR) is 77.3 cm³/mol. The maximum Gasteiger partial charge on any atom is 0.419 e. The monoisotopic (exact) mass is 323 g/mol. The normalized spacial score (nSPS) is 11.4. The number of hydrogen-bond donors (Lipinski definition) is 0. The summed E-state index contributed by atoms with van der Waals surface area (Å²) >= 11 is 0. The Labute approximate surface area is 130 Å². The number of rotatable bonds is 3. The van der Waals surface area contributed by atoms with Crippen molar-refractivity contribution in [3.05, 3.63) is 53.3 Å². The number of nitriles is 1. The first-order valence-corrected chi connectivity index (χ1v) is 6.81. The van der Waals surface area contributed by atoms with Crippen LogP contribution in [0.15, 0.2) is 36.4 Å². The van der Waals surface area contributed by atoms with Crippen LogP contribution in [-0.4, -0.2) is 6.10 Å². The lowest BCUT2D eigenvalue weighted by Gasteiger charge is -2.14. The predicted octanol–water partition coefficient (Wildman–Crippen LogP) is 5.17. The molecule has 0 aliphatic carbocycles. The molecule has 0 aromatic heterocycles. The van der Waals surface area contributed by atoms with Gasteiger partial charge in [-0.05, 0) is 37.6 Å². The van der Waals surface area contributed by atoms with Crippen LogP contribution < -0.4 is 4.74 Å². The Kier molecular flexibility index (Phi) is 4.60. The van der Waals surface area contributed by atoms with Crippen molar-refractivity contribution in [1.29, 1.82) is 5.26 Å². The largest absolute Gasteiger partial charge is 0.490 e. The van der Waals surface area contributed by atoms with Gasteiger partial charge in [0.15, 0.2) is 0 Å². The highest BCUT2D eigenvalue weighted by Crippen LogP contribution is 2.36. The van der Waals surface area contributed by atoms with Crippen molar-refractivity contribution in [3.8, 4) is 22.9 Å². The standard InChI is InChI=1S/C17H13F4NO/c1-10(2)23-15-8-11(6-7-12(15)9-22)13-4-3-5-14(16(13)18)17(19,20)21/h3-8,10H,1-2H3. The molecule has 0 heterocycles. The van der Waals surface area contributed by atoms with Gasteiger partial charge in [0, 0.05) is 5.56 Å². The number of alkyl halides is 3. The molecule has 0 unspecified atom stereocenters. The van der Waals surface area contributed by atoms with E-state index in [2.05, 4.69) is 0 Å². The average molecular weight is 323 g/mol. The SMILES string of the molecule is CC(C)Oc1cc(-c2cccc(C(F)(F)F)c2F)ccc1C#N.